The third kappa shape index (κ3) is 5.06. The number of aliphatic hydroxyl groups is 1. The molecule has 0 saturated heterocycles. The van der Waals surface area contributed by atoms with E-state index in [2.05, 4.69) is 11.3 Å². The van der Waals surface area contributed by atoms with Gasteiger partial charge in [-0.15, -0.1) is 0 Å². The highest BCUT2D eigenvalue weighted by atomic mass is 16.6. The van der Waals surface area contributed by atoms with Gasteiger partial charge >= 0.3 is 17.9 Å². The average molecular weight is 228 g/mol. The van der Waals surface area contributed by atoms with Gasteiger partial charge in [-0.1, -0.05) is 6.58 Å². The van der Waals surface area contributed by atoms with Gasteiger partial charge in [0.15, 0.2) is 0 Å². The zero-order chi connectivity index (χ0) is 12.7. The van der Waals surface area contributed by atoms with Crippen molar-refractivity contribution >= 4 is 17.9 Å². The lowest BCUT2D eigenvalue weighted by Crippen LogP contribution is -2.16. The van der Waals surface area contributed by atoms with Crippen molar-refractivity contribution in [2.45, 2.75) is 13.3 Å². The maximum atomic E-state index is 11.3. The number of esters is 2. The molecule has 88 valence electrons. The van der Waals surface area contributed by atoms with Crippen LogP contribution in [0.2, 0.25) is 0 Å². The first-order valence-electron chi connectivity index (χ1n) is 4.34. The van der Waals surface area contributed by atoms with Crippen LogP contribution in [0, 0.1) is 0 Å². The number of carboxylic acids is 1. The molecule has 0 rings (SSSR count). The molecule has 0 aromatic carbocycles. The van der Waals surface area contributed by atoms with E-state index in [0.29, 0.717) is 6.08 Å². The quantitative estimate of drug-likeness (QED) is 0.391. The number of aliphatic hydroxyl groups excluding tert-OH is 1. The number of aliphatic carboxylic acids is 1. The smallest absolute Gasteiger partial charge is 0.342 e. The molecule has 0 atom stereocenters. The number of rotatable bonds is 5. The first-order valence-corrected chi connectivity index (χ1v) is 4.34. The largest absolute Gasteiger partial charge is 0.478 e. The van der Waals surface area contributed by atoms with Gasteiger partial charge < -0.3 is 14.9 Å². The second-order valence-electron chi connectivity index (χ2n) is 2.94. The minimum Gasteiger partial charge on any atom is -0.478 e. The molecule has 0 spiro atoms. The molecule has 0 aliphatic carbocycles. The first kappa shape index (κ1) is 14.1. The van der Waals surface area contributed by atoms with Gasteiger partial charge in [0.25, 0.3) is 0 Å². The van der Waals surface area contributed by atoms with Crippen LogP contribution in [-0.2, 0) is 19.1 Å². The number of hydrogen-bond acceptors (Lipinski definition) is 5. The third-order valence-corrected chi connectivity index (χ3v) is 1.47. The van der Waals surface area contributed by atoms with Crippen molar-refractivity contribution in [1.82, 2.24) is 0 Å². The van der Waals surface area contributed by atoms with E-state index in [-0.39, 0.29) is 17.6 Å². The number of carboxylic acid groups (broad SMARTS) is 1. The Labute approximate surface area is 91.8 Å². The van der Waals surface area contributed by atoms with Crippen LogP contribution in [0.15, 0.2) is 23.8 Å². The predicted octanol–water partition coefficient (Wildman–Crippen LogP) is 0.0257. The van der Waals surface area contributed by atoms with Crippen molar-refractivity contribution in [2.24, 2.45) is 0 Å². The van der Waals surface area contributed by atoms with E-state index in [4.69, 9.17) is 10.2 Å². The number of carbonyl (C=O) groups is 3. The van der Waals surface area contributed by atoms with Gasteiger partial charge in [-0.2, -0.15) is 0 Å². The molecule has 0 saturated carbocycles. The monoisotopic (exact) mass is 228 g/mol. The molecular formula is C10H12O6. The Kier molecular flexibility index (Phi) is 5.72. The van der Waals surface area contributed by atoms with Gasteiger partial charge in [0.1, 0.15) is 0 Å². The van der Waals surface area contributed by atoms with Crippen LogP contribution in [0.25, 0.3) is 0 Å². The minimum atomic E-state index is -1.36. The molecule has 0 aliphatic rings. The fourth-order valence-electron chi connectivity index (χ4n) is 0.740. The first-order chi connectivity index (χ1) is 7.38. The normalized spacial score (nSPS) is 10.8. The average Bonchev–Trinajstić information content (AvgIpc) is 2.16. The summed E-state index contributed by atoms with van der Waals surface area (Å²) in [5.41, 5.74) is -0.267. The molecule has 0 amide bonds. The standard InChI is InChI=1S/C10H12O6/c1-6(2)9(14)16-10(15)7(3-4-11)5-8(12)13/h5,11H,1,3-4H2,2H3,(H,12,13)/b7-5-. The molecule has 0 heterocycles. The van der Waals surface area contributed by atoms with E-state index in [9.17, 15) is 14.4 Å². The van der Waals surface area contributed by atoms with Crippen LogP contribution >= 0.6 is 0 Å². The zero-order valence-electron chi connectivity index (χ0n) is 8.73. The van der Waals surface area contributed by atoms with E-state index in [1.54, 1.807) is 0 Å². The molecular weight excluding hydrogens is 216 g/mol. The molecule has 6 nitrogen and oxygen atoms in total. The van der Waals surface area contributed by atoms with Gasteiger partial charge in [-0.25, -0.2) is 14.4 Å². The van der Waals surface area contributed by atoms with E-state index in [1.807, 2.05) is 0 Å². The van der Waals surface area contributed by atoms with Crippen molar-refractivity contribution in [1.29, 1.82) is 0 Å². The molecule has 0 fully saturated rings. The van der Waals surface area contributed by atoms with Crippen LogP contribution < -0.4 is 0 Å². The zero-order valence-corrected chi connectivity index (χ0v) is 8.73. The Morgan fingerprint density at radius 3 is 2.25 bits per heavy atom. The van der Waals surface area contributed by atoms with Crippen molar-refractivity contribution in [3.05, 3.63) is 23.8 Å². The number of carbonyl (C=O) groups excluding carboxylic acids is 2. The Bertz CT molecular complexity index is 352. The lowest BCUT2D eigenvalue weighted by molar-refractivity contribution is -0.154. The highest BCUT2D eigenvalue weighted by Gasteiger charge is 2.16. The van der Waals surface area contributed by atoms with Gasteiger partial charge in [0.2, 0.25) is 0 Å². The number of ether oxygens (including phenoxy) is 1. The van der Waals surface area contributed by atoms with E-state index < -0.39 is 24.5 Å². The topological polar surface area (TPSA) is 101 Å². The summed E-state index contributed by atoms with van der Waals surface area (Å²) in [6.07, 6.45) is 0.388. The second kappa shape index (κ2) is 6.52. The lowest BCUT2D eigenvalue weighted by atomic mass is 10.2. The maximum absolute atomic E-state index is 11.3. The molecule has 0 bridgehead atoms. The van der Waals surface area contributed by atoms with Gasteiger partial charge in [0.05, 0.1) is 0 Å². The molecule has 0 aromatic heterocycles. The summed E-state index contributed by atoms with van der Waals surface area (Å²) in [6, 6.07) is 0. The Morgan fingerprint density at radius 1 is 1.31 bits per heavy atom. The van der Waals surface area contributed by atoms with Crippen molar-refractivity contribution in [3.8, 4) is 0 Å². The number of hydrogen-bond donors (Lipinski definition) is 2. The Morgan fingerprint density at radius 2 is 1.88 bits per heavy atom. The summed E-state index contributed by atoms with van der Waals surface area (Å²) < 4.78 is 4.31. The molecule has 2 N–H and O–H groups in total. The lowest BCUT2D eigenvalue weighted by Gasteiger charge is -2.04. The molecule has 0 unspecified atom stereocenters. The Hall–Kier alpha value is -1.95. The third-order valence-electron chi connectivity index (χ3n) is 1.47. The summed E-state index contributed by atoms with van der Waals surface area (Å²) in [5.74, 6) is -3.38. The summed E-state index contributed by atoms with van der Waals surface area (Å²) in [7, 11) is 0. The maximum Gasteiger partial charge on any atom is 0.342 e. The molecule has 16 heavy (non-hydrogen) atoms. The second-order valence-corrected chi connectivity index (χ2v) is 2.94. The van der Waals surface area contributed by atoms with Crippen molar-refractivity contribution < 1.29 is 29.3 Å². The van der Waals surface area contributed by atoms with Gasteiger partial charge in [0, 0.05) is 30.2 Å². The van der Waals surface area contributed by atoms with E-state index in [0.717, 1.165) is 0 Å². The van der Waals surface area contributed by atoms with Crippen molar-refractivity contribution in [3.63, 3.8) is 0 Å². The molecule has 0 aromatic rings. The van der Waals surface area contributed by atoms with E-state index >= 15 is 0 Å². The SMILES string of the molecule is C=C(C)C(=O)OC(=O)/C(=C\C(=O)O)CCO. The molecule has 0 radical (unpaired) electrons. The summed E-state index contributed by atoms with van der Waals surface area (Å²) in [6.45, 7) is 4.19. The molecule has 0 aliphatic heterocycles. The summed E-state index contributed by atoms with van der Waals surface area (Å²) >= 11 is 0. The van der Waals surface area contributed by atoms with Crippen LogP contribution in [0.5, 0.6) is 0 Å². The van der Waals surface area contributed by atoms with Crippen LogP contribution in [0.4, 0.5) is 0 Å². The molecule has 6 heteroatoms. The fourth-order valence-corrected chi connectivity index (χ4v) is 0.740. The van der Waals surface area contributed by atoms with Crippen LogP contribution in [0.1, 0.15) is 13.3 Å². The summed E-state index contributed by atoms with van der Waals surface area (Å²) in [4.78, 5) is 32.6. The minimum absolute atomic E-state index is 0.0204. The van der Waals surface area contributed by atoms with E-state index in [1.165, 1.54) is 6.92 Å². The fraction of sp³-hybridized carbons (Fsp3) is 0.300. The van der Waals surface area contributed by atoms with Gasteiger partial charge in [-0.3, -0.25) is 0 Å². The predicted molar refractivity (Wildman–Crippen MR) is 53.3 cm³/mol. The van der Waals surface area contributed by atoms with Gasteiger partial charge in [-0.05, 0) is 6.92 Å². The highest BCUT2D eigenvalue weighted by molar-refractivity contribution is 6.03. The highest BCUT2D eigenvalue weighted by Crippen LogP contribution is 2.05. The van der Waals surface area contributed by atoms with Crippen molar-refractivity contribution in [2.75, 3.05) is 6.61 Å². The van der Waals surface area contributed by atoms with Crippen LogP contribution in [0.3, 0.4) is 0 Å². The van der Waals surface area contributed by atoms with Crippen LogP contribution in [-0.4, -0.2) is 34.7 Å². The summed E-state index contributed by atoms with van der Waals surface area (Å²) in [5, 5.41) is 17.0. The Balaban J connectivity index is 4.70.